The van der Waals surface area contributed by atoms with Gasteiger partial charge in [0.1, 0.15) is 30.3 Å². The highest BCUT2D eigenvalue weighted by Crippen LogP contribution is 2.33. The maximum Gasteiger partial charge on any atom is 0.573 e. The molecule has 8 heteroatoms. The Bertz CT molecular complexity index is 1010. The molecule has 0 aromatic heterocycles. The number of nitrogens with two attached hydrogens (primary N) is 1. The van der Waals surface area contributed by atoms with Crippen LogP contribution in [0.25, 0.3) is 0 Å². The maximum absolute atomic E-state index is 12.9. The summed E-state index contributed by atoms with van der Waals surface area (Å²) in [7, 11) is 0. The molecule has 3 aromatic rings. The van der Waals surface area contributed by atoms with Gasteiger partial charge in [-0.3, -0.25) is 0 Å². The third kappa shape index (κ3) is 7.02. The molecule has 0 aliphatic carbocycles. The van der Waals surface area contributed by atoms with Gasteiger partial charge in [0.2, 0.25) is 0 Å². The van der Waals surface area contributed by atoms with Crippen molar-refractivity contribution in [3.8, 4) is 11.5 Å². The molecule has 0 heterocycles. The molecule has 0 aliphatic rings. The molecule has 0 amide bonds. The van der Waals surface area contributed by atoms with Gasteiger partial charge in [-0.05, 0) is 29.7 Å². The summed E-state index contributed by atoms with van der Waals surface area (Å²) < 4.78 is 53.5. The van der Waals surface area contributed by atoms with Crippen LogP contribution >= 0.6 is 0 Å². The molecule has 0 radical (unpaired) electrons. The molecule has 0 spiro atoms. The quantitative estimate of drug-likeness (QED) is 0.475. The van der Waals surface area contributed by atoms with E-state index in [0.717, 1.165) is 11.6 Å². The number of halogens is 3. The molecule has 3 aromatic carbocycles. The van der Waals surface area contributed by atoms with Crippen molar-refractivity contribution in [2.24, 2.45) is 5.73 Å². The van der Waals surface area contributed by atoms with Gasteiger partial charge in [0, 0.05) is 6.04 Å². The van der Waals surface area contributed by atoms with Crippen LogP contribution < -0.4 is 15.2 Å². The van der Waals surface area contributed by atoms with E-state index in [2.05, 4.69) is 4.74 Å². The van der Waals surface area contributed by atoms with Gasteiger partial charge in [0.15, 0.2) is 0 Å². The van der Waals surface area contributed by atoms with Crippen LogP contribution in [0.2, 0.25) is 0 Å². The zero-order chi connectivity index (χ0) is 23.0. The number of hydrogen-bond acceptors (Lipinski definition) is 5. The van der Waals surface area contributed by atoms with Crippen LogP contribution in [-0.2, 0) is 17.8 Å². The molecule has 5 nitrogen and oxygen atoms in total. The summed E-state index contributed by atoms with van der Waals surface area (Å²) in [4.78, 5) is 12.7. The van der Waals surface area contributed by atoms with Crippen molar-refractivity contribution in [3.05, 3.63) is 95.6 Å². The van der Waals surface area contributed by atoms with E-state index in [1.807, 2.05) is 30.3 Å². The summed E-state index contributed by atoms with van der Waals surface area (Å²) in [5.41, 5.74) is 7.32. The average molecular weight is 445 g/mol. The summed E-state index contributed by atoms with van der Waals surface area (Å²) in [5.74, 6) is -1.81. The molecule has 168 valence electrons. The van der Waals surface area contributed by atoms with Gasteiger partial charge < -0.3 is 19.9 Å². The first-order valence-corrected chi connectivity index (χ1v) is 9.84. The van der Waals surface area contributed by atoms with Crippen molar-refractivity contribution in [1.82, 2.24) is 0 Å². The van der Waals surface area contributed by atoms with Gasteiger partial charge in [-0.15, -0.1) is 13.2 Å². The van der Waals surface area contributed by atoms with Crippen LogP contribution in [0.1, 0.15) is 21.5 Å². The minimum absolute atomic E-state index is 0.0245. The summed E-state index contributed by atoms with van der Waals surface area (Å²) in [6.45, 7) is -0.143. The third-order valence-corrected chi connectivity index (χ3v) is 4.42. The van der Waals surface area contributed by atoms with E-state index >= 15 is 0 Å². The molecule has 0 unspecified atom stereocenters. The molecule has 0 bridgehead atoms. The number of carbonyl (C=O) groups is 1. The monoisotopic (exact) mass is 445 g/mol. The van der Waals surface area contributed by atoms with E-state index in [-0.39, 0.29) is 19.0 Å². The molecule has 32 heavy (non-hydrogen) atoms. The fourth-order valence-electron chi connectivity index (χ4n) is 3.01. The fourth-order valence-corrected chi connectivity index (χ4v) is 3.01. The van der Waals surface area contributed by atoms with Gasteiger partial charge in [-0.25, -0.2) is 4.79 Å². The number of rotatable bonds is 9. The summed E-state index contributed by atoms with van der Waals surface area (Å²) in [6.07, 6.45) is -4.50. The molecule has 0 saturated heterocycles. The van der Waals surface area contributed by atoms with E-state index in [0.29, 0.717) is 12.0 Å². The normalized spacial score (nSPS) is 12.1. The lowest BCUT2D eigenvalue weighted by atomic mass is 10.1. The molecule has 0 saturated carbocycles. The van der Waals surface area contributed by atoms with E-state index in [9.17, 15) is 18.0 Å². The minimum atomic E-state index is -4.99. The van der Waals surface area contributed by atoms with E-state index in [4.69, 9.17) is 15.2 Å². The molecular formula is C24H22F3NO4. The predicted molar refractivity (Wildman–Crippen MR) is 112 cm³/mol. The van der Waals surface area contributed by atoms with Crippen LogP contribution in [0.5, 0.6) is 11.5 Å². The van der Waals surface area contributed by atoms with Crippen LogP contribution in [0.3, 0.4) is 0 Å². The highest BCUT2D eigenvalue weighted by atomic mass is 19.4. The van der Waals surface area contributed by atoms with E-state index in [1.54, 1.807) is 30.3 Å². The van der Waals surface area contributed by atoms with Crippen molar-refractivity contribution in [2.75, 3.05) is 6.61 Å². The first-order chi connectivity index (χ1) is 15.3. The Kier molecular flexibility index (Phi) is 7.72. The van der Waals surface area contributed by atoms with Crippen LogP contribution in [0.15, 0.2) is 78.9 Å². The molecular weight excluding hydrogens is 423 g/mol. The number of esters is 1. The Morgan fingerprint density at radius 1 is 0.844 bits per heavy atom. The molecule has 1 atom stereocenters. The second kappa shape index (κ2) is 10.7. The Morgan fingerprint density at radius 2 is 1.44 bits per heavy atom. The second-order valence-corrected chi connectivity index (χ2v) is 7.00. The largest absolute Gasteiger partial charge is 0.573 e. The Morgan fingerprint density at radius 3 is 2.06 bits per heavy atom. The zero-order valence-electron chi connectivity index (χ0n) is 17.0. The lowest BCUT2D eigenvalue weighted by molar-refractivity contribution is -0.274. The third-order valence-electron chi connectivity index (χ3n) is 4.42. The van der Waals surface area contributed by atoms with Crippen LogP contribution in [0, 0.1) is 0 Å². The summed E-state index contributed by atoms with van der Waals surface area (Å²) in [5, 5.41) is 0. The number of ether oxygens (including phenoxy) is 3. The van der Waals surface area contributed by atoms with Crippen molar-refractivity contribution < 1.29 is 32.2 Å². The van der Waals surface area contributed by atoms with Crippen LogP contribution in [0.4, 0.5) is 13.2 Å². The smallest absolute Gasteiger partial charge is 0.491 e. The van der Waals surface area contributed by atoms with Gasteiger partial charge in [0.05, 0.1) is 0 Å². The summed E-state index contributed by atoms with van der Waals surface area (Å²) in [6, 6.07) is 21.5. The molecule has 2 N–H and O–H groups in total. The molecule has 3 rings (SSSR count). The number of alkyl halides is 3. The van der Waals surface area contributed by atoms with E-state index in [1.165, 1.54) is 12.1 Å². The Balaban J connectivity index is 1.76. The Labute approximate surface area is 183 Å². The highest BCUT2D eigenvalue weighted by Gasteiger charge is 2.34. The maximum atomic E-state index is 12.9. The van der Waals surface area contributed by atoms with Crippen molar-refractivity contribution in [2.45, 2.75) is 25.4 Å². The predicted octanol–water partition coefficient (Wildman–Crippen LogP) is 4.89. The van der Waals surface area contributed by atoms with Gasteiger partial charge in [-0.1, -0.05) is 66.7 Å². The number of hydrogen-bond donors (Lipinski definition) is 1. The topological polar surface area (TPSA) is 70.8 Å². The number of benzene rings is 3. The van der Waals surface area contributed by atoms with Crippen molar-refractivity contribution >= 4 is 5.97 Å². The SMILES string of the molecule is N[C@@H](COc1cccc(OC(F)(F)F)c1C(=O)OCc1ccccc1)Cc1ccccc1. The first kappa shape index (κ1) is 23.1. The lowest BCUT2D eigenvalue weighted by Crippen LogP contribution is -2.30. The van der Waals surface area contributed by atoms with Gasteiger partial charge in [0.25, 0.3) is 0 Å². The Hall–Kier alpha value is -3.52. The fraction of sp³-hybridized carbons (Fsp3) is 0.208. The van der Waals surface area contributed by atoms with Crippen LogP contribution in [-0.4, -0.2) is 25.0 Å². The average Bonchev–Trinajstić information content (AvgIpc) is 2.76. The van der Waals surface area contributed by atoms with E-state index < -0.39 is 29.7 Å². The second-order valence-electron chi connectivity index (χ2n) is 7.00. The molecule has 0 fully saturated rings. The van der Waals surface area contributed by atoms with Gasteiger partial charge in [-0.2, -0.15) is 0 Å². The summed E-state index contributed by atoms with van der Waals surface area (Å²) >= 11 is 0. The lowest BCUT2D eigenvalue weighted by Gasteiger charge is -2.18. The van der Waals surface area contributed by atoms with Gasteiger partial charge >= 0.3 is 12.3 Å². The minimum Gasteiger partial charge on any atom is -0.491 e. The van der Waals surface area contributed by atoms with Crippen molar-refractivity contribution in [3.63, 3.8) is 0 Å². The van der Waals surface area contributed by atoms with Crippen molar-refractivity contribution in [1.29, 1.82) is 0 Å². The highest BCUT2D eigenvalue weighted by molar-refractivity contribution is 5.95. The standard InChI is InChI=1S/C24H22F3NO4/c25-24(26,27)32-21-13-7-12-20(30-16-19(28)14-17-8-3-1-4-9-17)22(21)23(29)31-15-18-10-5-2-6-11-18/h1-13,19H,14-16,28H2/t19-/m1/s1. The number of carbonyl (C=O) groups excluding carboxylic acids is 1. The zero-order valence-corrected chi connectivity index (χ0v) is 17.0. The molecule has 0 aliphatic heterocycles. The first-order valence-electron chi connectivity index (χ1n) is 9.84.